The molecule has 0 saturated heterocycles. The molecule has 0 spiro atoms. The first-order valence-corrected chi connectivity index (χ1v) is 7.95. The van der Waals surface area contributed by atoms with Crippen molar-refractivity contribution >= 4 is 10.8 Å². The molecule has 2 N–H and O–H groups in total. The number of hydrogen-bond donors (Lipinski definition) is 2. The summed E-state index contributed by atoms with van der Waals surface area (Å²) in [4.78, 5) is 0. The molecule has 2 heteroatoms. The molecule has 2 unspecified atom stereocenters. The Morgan fingerprint density at radius 1 is 1.19 bits per heavy atom. The van der Waals surface area contributed by atoms with Crippen molar-refractivity contribution in [3.63, 3.8) is 0 Å². The van der Waals surface area contributed by atoms with Crippen LogP contribution in [0.25, 0.3) is 10.8 Å². The molecule has 4 rings (SSSR count). The maximum Gasteiger partial charge on any atom is 0.127 e. The van der Waals surface area contributed by atoms with Crippen molar-refractivity contribution in [1.82, 2.24) is 0 Å². The summed E-state index contributed by atoms with van der Waals surface area (Å²) in [5, 5.41) is 23.5. The number of rotatable bonds is 1. The van der Waals surface area contributed by atoms with Gasteiger partial charge in [0, 0.05) is 21.9 Å². The van der Waals surface area contributed by atoms with Crippen molar-refractivity contribution in [1.29, 1.82) is 0 Å². The fourth-order valence-electron chi connectivity index (χ4n) is 4.75. The molecule has 0 aromatic heterocycles. The molecule has 1 fully saturated rings. The van der Waals surface area contributed by atoms with Crippen LogP contribution in [0.5, 0.6) is 11.5 Å². The smallest absolute Gasteiger partial charge is 0.127 e. The van der Waals surface area contributed by atoms with Gasteiger partial charge >= 0.3 is 0 Å². The number of hydrogen-bond acceptors (Lipinski definition) is 2. The Morgan fingerprint density at radius 2 is 1.95 bits per heavy atom. The van der Waals surface area contributed by atoms with Crippen LogP contribution in [0.1, 0.15) is 68.6 Å². The third-order valence-corrected chi connectivity index (χ3v) is 5.73. The molecule has 2 aromatic rings. The molecule has 21 heavy (non-hydrogen) atoms. The van der Waals surface area contributed by atoms with Gasteiger partial charge in [0.15, 0.2) is 0 Å². The van der Waals surface area contributed by atoms with Gasteiger partial charge in [-0.15, -0.1) is 0 Å². The Hall–Kier alpha value is -1.70. The number of phenolic OH excluding ortho intramolecular Hbond substituents is 2. The zero-order valence-electron chi connectivity index (χ0n) is 12.9. The van der Waals surface area contributed by atoms with Crippen LogP contribution in [-0.4, -0.2) is 10.2 Å². The lowest BCUT2D eigenvalue weighted by Crippen LogP contribution is -2.16. The van der Waals surface area contributed by atoms with Crippen molar-refractivity contribution in [2.45, 2.75) is 57.3 Å². The van der Waals surface area contributed by atoms with Crippen molar-refractivity contribution in [3.05, 3.63) is 34.9 Å². The summed E-state index contributed by atoms with van der Waals surface area (Å²) in [6.45, 7) is 6.49. The number of phenols is 2. The van der Waals surface area contributed by atoms with Crippen molar-refractivity contribution < 1.29 is 10.2 Å². The highest BCUT2D eigenvalue weighted by molar-refractivity contribution is 5.99. The first-order valence-electron chi connectivity index (χ1n) is 7.95. The van der Waals surface area contributed by atoms with E-state index in [1.54, 1.807) is 0 Å². The lowest BCUT2D eigenvalue weighted by molar-refractivity contribution is 0.427. The van der Waals surface area contributed by atoms with Gasteiger partial charge in [-0.05, 0) is 42.1 Å². The van der Waals surface area contributed by atoms with Crippen molar-refractivity contribution in [3.8, 4) is 11.5 Å². The monoisotopic (exact) mass is 282 g/mol. The second kappa shape index (κ2) is 3.94. The molecule has 2 aliphatic carbocycles. The highest BCUT2D eigenvalue weighted by atomic mass is 16.3. The summed E-state index contributed by atoms with van der Waals surface area (Å²) in [7, 11) is 0. The Morgan fingerprint density at radius 3 is 2.67 bits per heavy atom. The molecule has 2 atom stereocenters. The van der Waals surface area contributed by atoms with E-state index in [0.29, 0.717) is 23.3 Å². The van der Waals surface area contributed by atoms with Gasteiger partial charge in [-0.2, -0.15) is 0 Å². The van der Waals surface area contributed by atoms with Crippen LogP contribution in [0.15, 0.2) is 18.2 Å². The van der Waals surface area contributed by atoms with E-state index in [4.69, 9.17) is 0 Å². The Balaban J connectivity index is 2.17. The van der Waals surface area contributed by atoms with Gasteiger partial charge in [0.1, 0.15) is 11.5 Å². The molecule has 2 nitrogen and oxygen atoms in total. The Bertz CT molecular complexity index is 760. The van der Waals surface area contributed by atoms with E-state index in [1.165, 1.54) is 0 Å². The minimum atomic E-state index is 0.0452. The van der Waals surface area contributed by atoms with Gasteiger partial charge in [0.05, 0.1) is 0 Å². The molecule has 2 bridgehead atoms. The van der Waals surface area contributed by atoms with E-state index in [0.717, 1.165) is 46.7 Å². The predicted molar refractivity (Wildman–Crippen MR) is 85.3 cm³/mol. The SMILES string of the molecule is CC(C)c1cccc2c(O)c3c(c(O)c12)C1CCC3(C)C1. The molecule has 110 valence electrons. The topological polar surface area (TPSA) is 40.5 Å². The third kappa shape index (κ3) is 1.48. The normalized spacial score (nSPS) is 26.8. The van der Waals surface area contributed by atoms with E-state index in [2.05, 4.69) is 26.8 Å². The maximum atomic E-state index is 10.9. The Labute approximate surface area is 125 Å². The highest BCUT2D eigenvalue weighted by Gasteiger charge is 2.49. The Kier molecular flexibility index (Phi) is 2.44. The average molecular weight is 282 g/mol. The molecule has 1 saturated carbocycles. The van der Waals surface area contributed by atoms with Crippen LogP contribution in [0.3, 0.4) is 0 Å². The van der Waals surface area contributed by atoms with E-state index < -0.39 is 0 Å². The molecule has 2 aromatic carbocycles. The average Bonchev–Trinajstić information content (AvgIpc) is 2.97. The molecule has 0 amide bonds. The summed E-state index contributed by atoms with van der Waals surface area (Å²) in [6.07, 6.45) is 3.32. The van der Waals surface area contributed by atoms with Gasteiger partial charge < -0.3 is 10.2 Å². The van der Waals surface area contributed by atoms with Crippen LogP contribution in [0.2, 0.25) is 0 Å². The van der Waals surface area contributed by atoms with Crippen LogP contribution in [-0.2, 0) is 5.41 Å². The summed E-state index contributed by atoms with van der Waals surface area (Å²) < 4.78 is 0. The number of fused-ring (bicyclic) bond motifs is 6. The van der Waals surface area contributed by atoms with Crippen LogP contribution < -0.4 is 0 Å². The second-order valence-corrected chi connectivity index (χ2v) is 7.41. The number of aromatic hydroxyl groups is 2. The van der Waals surface area contributed by atoms with Crippen molar-refractivity contribution in [2.75, 3.05) is 0 Å². The van der Waals surface area contributed by atoms with E-state index in [9.17, 15) is 10.2 Å². The number of benzene rings is 2. The first-order chi connectivity index (χ1) is 9.94. The predicted octanol–water partition coefficient (Wildman–Crippen LogP) is 4.91. The lowest BCUT2D eigenvalue weighted by atomic mass is 9.78. The van der Waals surface area contributed by atoms with Crippen molar-refractivity contribution in [2.24, 2.45) is 0 Å². The van der Waals surface area contributed by atoms with Crippen LogP contribution >= 0.6 is 0 Å². The minimum Gasteiger partial charge on any atom is -0.507 e. The second-order valence-electron chi connectivity index (χ2n) is 7.41. The largest absolute Gasteiger partial charge is 0.507 e. The van der Waals surface area contributed by atoms with Gasteiger partial charge in [-0.3, -0.25) is 0 Å². The van der Waals surface area contributed by atoms with E-state index in [1.807, 2.05) is 12.1 Å². The van der Waals surface area contributed by atoms with Gasteiger partial charge in [-0.25, -0.2) is 0 Å². The summed E-state index contributed by atoms with van der Waals surface area (Å²) >= 11 is 0. The fraction of sp³-hybridized carbons (Fsp3) is 0.474. The molecule has 0 radical (unpaired) electrons. The fourth-order valence-corrected chi connectivity index (χ4v) is 4.75. The van der Waals surface area contributed by atoms with E-state index in [-0.39, 0.29) is 5.41 Å². The maximum absolute atomic E-state index is 10.9. The van der Waals surface area contributed by atoms with Crippen LogP contribution in [0, 0.1) is 0 Å². The standard InChI is InChI=1S/C19H22O2/c1-10(2)12-5-4-6-13-15(12)18(21)14-11-7-8-19(3,9-11)16(14)17(13)20/h4-6,10-11,20-21H,7-9H2,1-3H3. The molecule has 0 heterocycles. The highest BCUT2D eigenvalue weighted by Crippen LogP contribution is 2.63. The molecule has 0 aliphatic heterocycles. The zero-order chi connectivity index (χ0) is 14.9. The summed E-state index contributed by atoms with van der Waals surface area (Å²) in [5.74, 6) is 1.58. The van der Waals surface area contributed by atoms with Gasteiger partial charge in [0.2, 0.25) is 0 Å². The molecular weight excluding hydrogens is 260 g/mol. The van der Waals surface area contributed by atoms with Crippen LogP contribution in [0.4, 0.5) is 0 Å². The lowest BCUT2D eigenvalue weighted by Gasteiger charge is -2.27. The molecule has 2 aliphatic rings. The third-order valence-electron chi connectivity index (χ3n) is 5.73. The molecular formula is C19H22O2. The van der Waals surface area contributed by atoms with E-state index >= 15 is 0 Å². The first kappa shape index (κ1) is 13.0. The zero-order valence-corrected chi connectivity index (χ0v) is 12.9. The summed E-state index contributed by atoms with van der Waals surface area (Å²) in [6, 6.07) is 5.98. The minimum absolute atomic E-state index is 0.0452. The summed E-state index contributed by atoms with van der Waals surface area (Å²) in [5.41, 5.74) is 3.21. The van der Waals surface area contributed by atoms with Gasteiger partial charge in [0.25, 0.3) is 0 Å². The van der Waals surface area contributed by atoms with Gasteiger partial charge in [-0.1, -0.05) is 39.0 Å². The quantitative estimate of drug-likeness (QED) is 0.729.